The second-order valence-corrected chi connectivity index (χ2v) is 11.2. The van der Waals surface area contributed by atoms with Crippen molar-refractivity contribution in [2.24, 2.45) is 4.99 Å². The maximum atomic E-state index is 13.0. The maximum absolute atomic E-state index is 13.0. The second-order valence-electron chi connectivity index (χ2n) is 8.12. The van der Waals surface area contributed by atoms with Crippen molar-refractivity contribution in [3.8, 4) is 11.5 Å². The summed E-state index contributed by atoms with van der Waals surface area (Å²) in [5.74, 6) is 0.971. The molecule has 0 aliphatic carbocycles. The fraction of sp³-hybridized carbons (Fsp3) is 0.417. The molecule has 0 fully saturated rings. The fourth-order valence-corrected chi connectivity index (χ4v) is 6.01. The van der Waals surface area contributed by atoms with Gasteiger partial charge in [0, 0.05) is 37.8 Å². The molecule has 0 N–H and O–H groups in total. The number of carbonyl (C=O) groups excluding carboxylic acids is 1. The van der Waals surface area contributed by atoms with Crippen molar-refractivity contribution in [2.45, 2.75) is 44.6 Å². The molecule has 0 saturated heterocycles. The summed E-state index contributed by atoms with van der Waals surface area (Å²) >= 11 is 1.42. The molecule has 0 saturated carbocycles. The van der Waals surface area contributed by atoms with Crippen LogP contribution in [0.3, 0.4) is 0 Å². The van der Waals surface area contributed by atoms with Crippen molar-refractivity contribution in [3.05, 3.63) is 46.8 Å². The van der Waals surface area contributed by atoms with Gasteiger partial charge in [0.25, 0.3) is 5.91 Å². The molecule has 0 atom stereocenters. The van der Waals surface area contributed by atoms with Crippen LogP contribution < -0.4 is 14.3 Å². The van der Waals surface area contributed by atoms with Gasteiger partial charge in [0.1, 0.15) is 13.2 Å². The van der Waals surface area contributed by atoms with E-state index >= 15 is 0 Å². The standard InChI is InChI=1S/C24H29N3O5S2/c1-4-6-12-26(3)34(29,30)18-9-7-17(8-10-18)23(28)25-24-27(11-5-2)19-15-20-21(16-22(19)33-24)32-14-13-31-20/h7-10,15-16H,4-6,11-14H2,1-3H3. The molecule has 4 rings (SSSR count). The average molecular weight is 504 g/mol. The van der Waals surface area contributed by atoms with Gasteiger partial charge in [0.05, 0.1) is 15.1 Å². The van der Waals surface area contributed by atoms with Gasteiger partial charge in [0.15, 0.2) is 16.3 Å². The van der Waals surface area contributed by atoms with Crippen LogP contribution in [0.2, 0.25) is 0 Å². The van der Waals surface area contributed by atoms with E-state index in [0.29, 0.717) is 48.2 Å². The Kier molecular flexibility index (Phi) is 7.39. The Bertz CT molecular complexity index is 1360. The van der Waals surface area contributed by atoms with Crippen LogP contribution >= 0.6 is 11.3 Å². The topological polar surface area (TPSA) is 90.2 Å². The lowest BCUT2D eigenvalue weighted by Crippen LogP contribution is -2.27. The summed E-state index contributed by atoms with van der Waals surface area (Å²) in [6.07, 6.45) is 2.58. The molecule has 1 aliphatic heterocycles. The minimum Gasteiger partial charge on any atom is -0.486 e. The second kappa shape index (κ2) is 10.3. The number of nitrogens with zero attached hydrogens (tertiary/aromatic N) is 3. The Balaban J connectivity index is 1.66. The Hall–Kier alpha value is -2.69. The van der Waals surface area contributed by atoms with Crippen molar-refractivity contribution >= 4 is 37.5 Å². The highest BCUT2D eigenvalue weighted by atomic mass is 32.2. The van der Waals surface area contributed by atoms with E-state index in [-0.39, 0.29) is 4.90 Å². The van der Waals surface area contributed by atoms with Crippen LogP contribution in [-0.2, 0) is 16.6 Å². The zero-order valence-corrected chi connectivity index (χ0v) is 21.2. The number of aromatic nitrogens is 1. The number of carbonyl (C=O) groups is 1. The molecule has 34 heavy (non-hydrogen) atoms. The van der Waals surface area contributed by atoms with Crippen molar-refractivity contribution in [3.63, 3.8) is 0 Å². The normalized spacial score (nSPS) is 14.2. The van der Waals surface area contributed by atoms with Gasteiger partial charge in [-0.25, -0.2) is 12.7 Å². The minimum absolute atomic E-state index is 0.163. The third-order valence-electron chi connectivity index (χ3n) is 5.63. The summed E-state index contributed by atoms with van der Waals surface area (Å²) in [4.78, 5) is 18.1. The van der Waals surface area contributed by atoms with Gasteiger partial charge in [-0.1, -0.05) is 31.6 Å². The number of aryl methyl sites for hydroxylation is 1. The van der Waals surface area contributed by atoms with E-state index in [1.165, 1.54) is 39.9 Å². The maximum Gasteiger partial charge on any atom is 0.279 e. The molecule has 2 heterocycles. The first-order chi connectivity index (χ1) is 16.3. The summed E-state index contributed by atoms with van der Waals surface area (Å²) in [6, 6.07) is 9.84. The number of hydrogen-bond donors (Lipinski definition) is 0. The molecule has 182 valence electrons. The van der Waals surface area contributed by atoms with Gasteiger partial charge >= 0.3 is 0 Å². The molecule has 0 bridgehead atoms. The third kappa shape index (κ3) is 4.89. The SMILES string of the molecule is CCCCN(C)S(=O)(=O)c1ccc(C(=O)N=c2sc3cc4c(cc3n2CCC)OCCO4)cc1. The van der Waals surface area contributed by atoms with Crippen LogP contribution in [0.1, 0.15) is 43.5 Å². The predicted molar refractivity (Wildman–Crippen MR) is 132 cm³/mol. The fourth-order valence-electron chi connectivity index (χ4n) is 3.73. The van der Waals surface area contributed by atoms with E-state index in [2.05, 4.69) is 11.9 Å². The van der Waals surface area contributed by atoms with Gasteiger partial charge < -0.3 is 14.0 Å². The Morgan fingerprint density at radius 2 is 1.76 bits per heavy atom. The van der Waals surface area contributed by atoms with Crippen molar-refractivity contribution in [2.75, 3.05) is 26.8 Å². The monoisotopic (exact) mass is 503 g/mol. The van der Waals surface area contributed by atoms with Gasteiger partial charge in [-0.15, -0.1) is 0 Å². The largest absolute Gasteiger partial charge is 0.486 e. The number of ether oxygens (including phenoxy) is 2. The number of rotatable bonds is 8. The number of unbranched alkanes of at least 4 members (excludes halogenated alkanes) is 1. The van der Waals surface area contributed by atoms with E-state index < -0.39 is 15.9 Å². The number of benzene rings is 2. The summed E-state index contributed by atoms with van der Waals surface area (Å²) in [6.45, 7) is 6.25. The third-order valence-corrected chi connectivity index (χ3v) is 8.54. The van der Waals surface area contributed by atoms with E-state index in [1.54, 1.807) is 7.05 Å². The van der Waals surface area contributed by atoms with E-state index in [9.17, 15) is 13.2 Å². The van der Waals surface area contributed by atoms with Gasteiger partial charge in [-0.3, -0.25) is 4.79 Å². The Morgan fingerprint density at radius 1 is 1.09 bits per heavy atom. The molecule has 1 amide bonds. The van der Waals surface area contributed by atoms with Crippen molar-refractivity contribution in [1.82, 2.24) is 8.87 Å². The molecule has 2 aromatic carbocycles. The van der Waals surface area contributed by atoms with Crippen molar-refractivity contribution in [1.29, 1.82) is 0 Å². The van der Waals surface area contributed by atoms with E-state index in [1.807, 2.05) is 23.6 Å². The zero-order chi connectivity index (χ0) is 24.3. The van der Waals surface area contributed by atoms with Crippen LogP contribution in [0.5, 0.6) is 11.5 Å². The summed E-state index contributed by atoms with van der Waals surface area (Å²) in [5, 5.41) is 0. The van der Waals surface area contributed by atoms with Crippen LogP contribution in [0.4, 0.5) is 0 Å². The Labute approximate surface area is 203 Å². The molecule has 0 unspecified atom stereocenters. The van der Waals surface area contributed by atoms with Crippen LogP contribution in [0, 0.1) is 0 Å². The highest BCUT2D eigenvalue weighted by Crippen LogP contribution is 2.35. The van der Waals surface area contributed by atoms with E-state index in [0.717, 1.165) is 29.5 Å². The molecule has 0 spiro atoms. The number of fused-ring (bicyclic) bond motifs is 2. The van der Waals surface area contributed by atoms with Crippen LogP contribution in [0.15, 0.2) is 46.3 Å². The zero-order valence-electron chi connectivity index (χ0n) is 19.6. The predicted octanol–water partition coefficient (Wildman–Crippen LogP) is 4.05. The first-order valence-corrected chi connectivity index (χ1v) is 13.7. The molecule has 0 radical (unpaired) electrons. The minimum atomic E-state index is -3.59. The summed E-state index contributed by atoms with van der Waals surface area (Å²) in [7, 11) is -2.02. The van der Waals surface area contributed by atoms with Crippen molar-refractivity contribution < 1.29 is 22.7 Å². The van der Waals surface area contributed by atoms with E-state index in [4.69, 9.17) is 9.47 Å². The quantitative estimate of drug-likeness (QED) is 0.463. The summed E-state index contributed by atoms with van der Waals surface area (Å²) < 4.78 is 41.2. The molecule has 8 nitrogen and oxygen atoms in total. The molecular weight excluding hydrogens is 474 g/mol. The first-order valence-electron chi connectivity index (χ1n) is 11.4. The average Bonchev–Trinajstić information content (AvgIpc) is 3.16. The van der Waals surface area contributed by atoms with Crippen LogP contribution in [-0.4, -0.2) is 50.0 Å². The van der Waals surface area contributed by atoms with Crippen LogP contribution in [0.25, 0.3) is 10.2 Å². The molecule has 10 heteroatoms. The molecule has 3 aromatic rings. The lowest BCUT2D eigenvalue weighted by molar-refractivity contribution is 0.0997. The molecular formula is C24H29N3O5S2. The summed E-state index contributed by atoms with van der Waals surface area (Å²) in [5.41, 5.74) is 1.28. The highest BCUT2D eigenvalue weighted by Gasteiger charge is 2.21. The first kappa shape index (κ1) is 24.4. The van der Waals surface area contributed by atoms with Gasteiger partial charge in [0.2, 0.25) is 10.0 Å². The number of amides is 1. The molecule has 1 aliphatic rings. The lowest BCUT2D eigenvalue weighted by Gasteiger charge is -2.18. The number of hydrogen-bond acceptors (Lipinski definition) is 6. The highest BCUT2D eigenvalue weighted by molar-refractivity contribution is 7.89. The van der Waals surface area contributed by atoms with Gasteiger partial charge in [-0.2, -0.15) is 4.99 Å². The smallest absolute Gasteiger partial charge is 0.279 e. The van der Waals surface area contributed by atoms with Gasteiger partial charge in [-0.05, 0) is 37.1 Å². The molecule has 1 aromatic heterocycles. The lowest BCUT2D eigenvalue weighted by atomic mass is 10.2. The number of sulfonamides is 1. The number of thiazole rings is 1. The Morgan fingerprint density at radius 3 is 2.41 bits per heavy atom.